The Kier molecular flexibility index (Phi) is 5.28. The summed E-state index contributed by atoms with van der Waals surface area (Å²) in [5, 5.41) is 4.31. The van der Waals surface area contributed by atoms with Gasteiger partial charge < -0.3 is 10.1 Å². The maximum atomic E-state index is 5.62. The van der Waals surface area contributed by atoms with Crippen LogP contribution in [-0.4, -0.2) is 36.3 Å². The second kappa shape index (κ2) is 5.99. The molecule has 1 N–H and O–H groups in total. The Bertz CT molecular complexity index is 150. The summed E-state index contributed by atoms with van der Waals surface area (Å²) in [7, 11) is 0. The molecule has 0 aromatic carbocycles. The number of thioether (sulfide) groups is 1. The molecule has 1 atom stereocenters. The lowest BCUT2D eigenvalue weighted by atomic mass is 10.2. The molecular formula is C11H23NOS. The molecule has 0 aromatic rings. The summed E-state index contributed by atoms with van der Waals surface area (Å²) in [6, 6.07) is 0. The Morgan fingerprint density at radius 1 is 1.43 bits per heavy atom. The zero-order valence-corrected chi connectivity index (χ0v) is 10.5. The first-order valence-electron chi connectivity index (χ1n) is 5.54. The Balaban J connectivity index is 1.89. The standard InChI is InChI=1S/C11H23NOS/c1-11(2,3)13-7-6-12-9-10-5-4-8-14-10/h10,12H,4-9H2,1-3H3. The van der Waals surface area contributed by atoms with Gasteiger partial charge in [0.2, 0.25) is 0 Å². The molecule has 1 saturated heterocycles. The first-order chi connectivity index (χ1) is 6.58. The van der Waals surface area contributed by atoms with Gasteiger partial charge in [0.15, 0.2) is 0 Å². The van der Waals surface area contributed by atoms with Crippen molar-refractivity contribution in [2.75, 3.05) is 25.4 Å². The van der Waals surface area contributed by atoms with Crippen molar-refractivity contribution in [2.45, 2.75) is 44.5 Å². The smallest absolute Gasteiger partial charge is 0.0599 e. The highest BCUT2D eigenvalue weighted by atomic mass is 32.2. The van der Waals surface area contributed by atoms with Gasteiger partial charge in [-0.1, -0.05) is 0 Å². The first kappa shape index (κ1) is 12.3. The summed E-state index contributed by atoms with van der Waals surface area (Å²) < 4.78 is 5.62. The van der Waals surface area contributed by atoms with Crippen molar-refractivity contribution in [3.05, 3.63) is 0 Å². The van der Waals surface area contributed by atoms with Gasteiger partial charge in [0.1, 0.15) is 0 Å². The summed E-state index contributed by atoms with van der Waals surface area (Å²) in [5.41, 5.74) is 0.00376. The molecule has 1 unspecified atom stereocenters. The molecule has 1 heterocycles. The van der Waals surface area contributed by atoms with Crippen molar-refractivity contribution in [1.82, 2.24) is 5.32 Å². The van der Waals surface area contributed by atoms with Crippen molar-refractivity contribution < 1.29 is 4.74 Å². The number of nitrogens with one attached hydrogen (secondary N) is 1. The zero-order valence-electron chi connectivity index (χ0n) is 9.64. The Morgan fingerprint density at radius 3 is 2.79 bits per heavy atom. The molecular weight excluding hydrogens is 194 g/mol. The van der Waals surface area contributed by atoms with Crippen LogP contribution in [0.5, 0.6) is 0 Å². The predicted molar refractivity (Wildman–Crippen MR) is 64.1 cm³/mol. The fourth-order valence-electron chi connectivity index (χ4n) is 1.50. The number of hydrogen-bond donors (Lipinski definition) is 1. The van der Waals surface area contributed by atoms with E-state index in [0.717, 1.165) is 24.9 Å². The van der Waals surface area contributed by atoms with Crippen molar-refractivity contribution in [1.29, 1.82) is 0 Å². The highest BCUT2D eigenvalue weighted by Crippen LogP contribution is 2.25. The number of hydrogen-bond acceptors (Lipinski definition) is 3. The minimum Gasteiger partial charge on any atom is -0.375 e. The second-order valence-electron chi connectivity index (χ2n) is 4.80. The van der Waals surface area contributed by atoms with E-state index in [9.17, 15) is 0 Å². The third kappa shape index (κ3) is 5.89. The van der Waals surface area contributed by atoms with Gasteiger partial charge in [0.05, 0.1) is 12.2 Å². The van der Waals surface area contributed by atoms with Gasteiger partial charge in [-0.15, -0.1) is 0 Å². The predicted octanol–water partition coefficient (Wildman–Crippen LogP) is 2.29. The normalized spacial score (nSPS) is 22.9. The van der Waals surface area contributed by atoms with Crippen molar-refractivity contribution >= 4 is 11.8 Å². The van der Waals surface area contributed by atoms with Crippen LogP contribution in [0.1, 0.15) is 33.6 Å². The summed E-state index contributed by atoms with van der Waals surface area (Å²) in [6.45, 7) is 9.24. The number of ether oxygens (including phenoxy) is 1. The van der Waals surface area contributed by atoms with Crippen molar-refractivity contribution in [3.8, 4) is 0 Å². The molecule has 14 heavy (non-hydrogen) atoms. The van der Waals surface area contributed by atoms with Crippen LogP contribution in [0.25, 0.3) is 0 Å². The van der Waals surface area contributed by atoms with E-state index in [2.05, 4.69) is 37.8 Å². The highest BCUT2D eigenvalue weighted by molar-refractivity contribution is 8.00. The monoisotopic (exact) mass is 217 g/mol. The van der Waals surface area contributed by atoms with Gasteiger partial charge >= 0.3 is 0 Å². The van der Waals surface area contributed by atoms with Gasteiger partial charge in [0, 0.05) is 18.3 Å². The van der Waals surface area contributed by atoms with E-state index in [1.807, 2.05) is 0 Å². The van der Waals surface area contributed by atoms with Gasteiger partial charge in [-0.3, -0.25) is 0 Å². The molecule has 0 saturated carbocycles. The Morgan fingerprint density at radius 2 is 2.21 bits per heavy atom. The molecule has 0 radical (unpaired) electrons. The van der Waals surface area contributed by atoms with Crippen molar-refractivity contribution in [3.63, 3.8) is 0 Å². The summed E-state index contributed by atoms with van der Waals surface area (Å²) in [6.07, 6.45) is 2.79. The molecule has 0 amide bonds. The number of rotatable bonds is 5. The van der Waals surface area contributed by atoms with E-state index in [4.69, 9.17) is 4.74 Å². The van der Waals surface area contributed by atoms with E-state index >= 15 is 0 Å². The zero-order chi connectivity index (χ0) is 10.4. The van der Waals surface area contributed by atoms with Crippen LogP contribution in [0.2, 0.25) is 0 Å². The molecule has 0 aliphatic carbocycles. The molecule has 3 heteroatoms. The lowest BCUT2D eigenvalue weighted by Gasteiger charge is -2.20. The maximum absolute atomic E-state index is 5.62. The average Bonchev–Trinajstić information content (AvgIpc) is 2.54. The molecule has 0 spiro atoms. The van der Waals surface area contributed by atoms with Gasteiger partial charge in [-0.05, 0) is 39.4 Å². The first-order valence-corrected chi connectivity index (χ1v) is 6.59. The van der Waals surface area contributed by atoms with Crippen molar-refractivity contribution in [2.24, 2.45) is 0 Å². The molecule has 2 nitrogen and oxygen atoms in total. The second-order valence-corrected chi connectivity index (χ2v) is 6.21. The quantitative estimate of drug-likeness (QED) is 0.714. The summed E-state index contributed by atoms with van der Waals surface area (Å²) in [4.78, 5) is 0. The lowest BCUT2D eigenvalue weighted by molar-refractivity contribution is -0.000717. The maximum Gasteiger partial charge on any atom is 0.0599 e. The minimum atomic E-state index is 0.00376. The molecule has 0 aromatic heterocycles. The van der Waals surface area contributed by atoms with Crippen LogP contribution in [-0.2, 0) is 4.74 Å². The summed E-state index contributed by atoms with van der Waals surface area (Å²) >= 11 is 2.10. The van der Waals surface area contributed by atoms with Crippen LogP contribution in [0.15, 0.2) is 0 Å². The fraction of sp³-hybridized carbons (Fsp3) is 1.00. The lowest BCUT2D eigenvalue weighted by Crippen LogP contribution is -2.30. The van der Waals surface area contributed by atoms with Crippen LogP contribution in [0.4, 0.5) is 0 Å². The third-order valence-corrected chi connectivity index (χ3v) is 3.61. The van der Waals surface area contributed by atoms with E-state index in [1.165, 1.54) is 18.6 Å². The van der Waals surface area contributed by atoms with E-state index < -0.39 is 0 Å². The average molecular weight is 217 g/mol. The minimum absolute atomic E-state index is 0.00376. The molecule has 1 aliphatic heterocycles. The van der Waals surface area contributed by atoms with Gasteiger partial charge in [-0.25, -0.2) is 0 Å². The van der Waals surface area contributed by atoms with Gasteiger partial charge in [-0.2, -0.15) is 11.8 Å². The topological polar surface area (TPSA) is 21.3 Å². The molecule has 0 bridgehead atoms. The van der Waals surface area contributed by atoms with E-state index in [-0.39, 0.29) is 5.60 Å². The van der Waals surface area contributed by atoms with Crippen LogP contribution < -0.4 is 5.32 Å². The molecule has 1 rings (SSSR count). The molecule has 84 valence electrons. The van der Waals surface area contributed by atoms with E-state index in [0.29, 0.717) is 0 Å². The molecule has 1 fully saturated rings. The Labute approximate surface area is 92.2 Å². The highest BCUT2D eigenvalue weighted by Gasteiger charge is 2.14. The van der Waals surface area contributed by atoms with Crippen LogP contribution in [0, 0.1) is 0 Å². The largest absolute Gasteiger partial charge is 0.375 e. The SMILES string of the molecule is CC(C)(C)OCCNCC1CCCS1. The molecule has 1 aliphatic rings. The third-order valence-electron chi connectivity index (χ3n) is 2.21. The van der Waals surface area contributed by atoms with Crippen LogP contribution >= 0.6 is 11.8 Å². The Hall–Kier alpha value is 0.270. The van der Waals surface area contributed by atoms with E-state index in [1.54, 1.807) is 0 Å². The van der Waals surface area contributed by atoms with Gasteiger partial charge in [0.25, 0.3) is 0 Å². The fourth-order valence-corrected chi connectivity index (χ4v) is 2.73. The van der Waals surface area contributed by atoms with Crippen LogP contribution in [0.3, 0.4) is 0 Å². The summed E-state index contributed by atoms with van der Waals surface area (Å²) in [5.74, 6) is 1.35.